The standard InChI is InChI=1S/C56H32/c1-3-17-35-33(13-1)15-9-23-41(35)53-46-21-7-8-22-47(46)54(42-24-10-16-34-14-2-4-18-36(34)42)56-50-32-30-40(45-27-12-28-49(52(45)50)55(53)56)39-29-31-48-38-20-6-5-19-37(38)43-25-11-26-44(39)51(43)48/h1-32H. The molecule has 0 heterocycles. The molecule has 0 saturated carbocycles. The Balaban J connectivity index is 1.18. The predicted molar refractivity (Wildman–Crippen MR) is 239 cm³/mol. The summed E-state index contributed by atoms with van der Waals surface area (Å²) < 4.78 is 0. The Morgan fingerprint density at radius 2 is 0.482 bits per heavy atom. The molecule has 0 radical (unpaired) electrons. The maximum atomic E-state index is 2.43. The molecule has 0 aromatic heterocycles. The highest BCUT2D eigenvalue weighted by Crippen LogP contribution is 2.60. The van der Waals surface area contributed by atoms with Crippen molar-refractivity contribution in [3.05, 3.63) is 194 Å². The van der Waals surface area contributed by atoms with Gasteiger partial charge in [0.05, 0.1) is 0 Å². The molecule has 0 bridgehead atoms. The van der Waals surface area contributed by atoms with Crippen LogP contribution in [0.1, 0.15) is 0 Å². The van der Waals surface area contributed by atoms with Crippen LogP contribution in [0.2, 0.25) is 0 Å². The Morgan fingerprint density at radius 1 is 0.161 bits per heavy atom. The van der Waals surface area contributed by atoms with Crippen LogP contribution in [0.15, 0.2) is 194 Å². The molecule has 0 fully saturated rings. The first-order valence-electron chi connectivity index (χ1n) is 19.6. The molecular weight excluding hydrogens is 673 g/mol. The van der Waals surface area contributed by atoms with E-state index < -0.39 is 0 Å². The summed E-state index contributed by atoms with van der Waals surface area (Å²) in [6, 6.07) is 72.7. The molecular formula is C56H32. The molecule has 2 aliphatic carbocycles. The summed E-state index contributed by atoms with van der Waals surface area (Å²) in [6.45, 7) is 0. The van der Waals surface area contributed by atoms with Gasteiger partial charge in [0.2, 0.25) is 0 Å². The van der Waals surface area contributed by atoms with Gasteiger partial charge >= 0.3 is 0 Å². The maximum absolute atomic E-state index is 2.43. The highest BCUT2D eigenvalue weighted by Gasteiger charge is 2.32. The molecule has 2 aliphatic rings. The van der Waals surface area contributed by atoms with Crippen molar-refractivity contribution < 1.29 is 0 Å². The lowest BCUT2D eigenvalue weighted by Crippen LogP contribution is -1.94. The van der Waals surface area contributed by atoms with E-state index in [0.29, 0.717) is 0 Å². The zero-order valence-electron chi connectivity index (χ0n) is 30.5. The summed E-state index contributed by atoms with van der Waals surface area (Å²) in [5.41, 5.74) is 18.3. The van der Waals surface area contributed by atoms with Gasteiger partial charge in [-0.3, -0.25) is 0 Å². The van der Waals surface area contributed by atoms with Crippen molar-refractivity contribution in [3.8, 4) is 77.9 Å². The number of benzene rings is 11. The summed E-state index contributed by atoms with van der Waals surface area (Å²) in [6.07, 6.45) is 0. The van der Waals surface area contributed by atoms with Gasteiger partial charge in [-0.25, -0.2) is 0 Å². The van der Waals surface area contributed by atoms with Gasteiger partial charge in [0.1, 0.15) is 0 Å². The minimum absolute atomic E-state index is 1.26. The third-order valence-electron chi connectivity index (χ3n) is 12.8. The van der Waals surface area contributed by atoms with Crippen molar-refractivity contribution in [3.63, 3.8) is 0 Å². The zero-order valence-corrected chi connectivity index (χ0v) is 30.5. The lowest BCUT2D eigenvalue weighted by Gasteiger charge is -2.22. The van der Waals surface area contributed by atoms with Gasteiger partial charge in [0.25, 0.3) is 0 Å². The Morgan fingerprint density at radius 3 is 1.05 bits per heavy atom. The van der Waals surface area contributed by atoms with Gasteiger partial charge in [0.15, 0.2) is 0 Å². The quantitative estimate of drug-likeness (QED) is 0.172. The van der Waals surface area contributed by atoms with Crippen LogP contribution in [-0.4, -0.2) is 0 Å². The molecule has 0 heteroatoms. The van der Waals surface area contributed by atoms with Crippen LogP contribution in [0.4, 0.5) is 0 Å². The van der Waals surface area contributed by atoms with Crippen molar-refractivity contribution in [2.24, 2.45) is 0 Å². The molecule has 11 aromatic carbocycles. The fourth-order valence-electron chi connectivity index (χ4n) is 10.5. The summed E-state index contributed by atoms with van der Waals surface area (Å²) in [5, 5.41) is 12.9. The molecule has 256 valence electrons. The third-order valence-corrected chi connectivity index (χ3v) is 12.8. The van der Waals surface area contributed by atoms with Crippen LogP contribution in [0.3, 0.4) is 0 Å². The SMILES string of the molecule is c1ccc2c(c1)-c1cccc3c(-c4ccc5c6c(cccc46)-c4c-5c(-c5cccc6ccccc56)c5ccccc5c4-c4cccc5ccccc45)ccc-2c13. The van der Waals surface area contributed by atoms with Gasteiger partial charge < -0.3 is 0 Å². The van der Waals surface area contributed by atoms with E-state index in [1.165, 1.54) is 132 Å². The van der Waals surface area contributed by atoms with E-state index in [1.807, 2.05) is 0 Å². The second kappa shape index (κ2) is 11.1. The monoisotopic (exact) mass is 704 g/mol. The molecule has 0 nitrogen and oxygen atoms in total. The Hall–Kier alpha value is -7.28. The van der Waals surface area contributed by atoms with Gasteiger partial charge in [0, 0.05) is 0 Å². The van der Waals surface area contributed by atoms with Gasteiger partial charge in [-0.1, -0.05) is 194 Å². The topological polar surface area (TPSA) is 0 Å². The van der Waals surface area contributed by atoms with E-state index in [9.17, 15) is 0 Å². The molecule has 11 aromatic rings. The average Bonchev–Trinajstić information content (AvgIpc) is 3.77. The van der Waals surface area contributed by atoms with E-state index in [0.717, 1.165) is 0 Å². The van der Waals surface area contributed by atoms with Crippen molar-refractivity contribution in [2.75, 3.05) is 0 Å². The summed E-state index contributed by atoms with van der Waals surface area (Å²) in [4.78, 5) is 0. The Bertz CT molecular complexity index is 3350. The normalized spacial score (nSPS) is 12.3. The molecule has 0 amide bonds. The van der Waals surface area contributed by atoms with Crippen LogP contribution >= 0.6 is 0 Å². The molecule has 0 spiro atoms. The lowest BCUT2D eigenvalue weighted by atomic mass is 9.81. The fourth-order valence-corrected chi connectivity index (χ4v) is 10.5. The molecule has 0 N–H and O–H groups in total. The minimum atomic E-state index is 1.26. The number of hydrogen-bond donors (Lipinski definition) is 0. The van der Waals surface area contributed by atoms with Gasteiger partial charge in [-0.2, -0.15) is 0 Å². The van der Waals surface area contributed by atoms with E-state index in [2.05, 4.69) is 194 Å². The van der Waals surface area contributed by atoms with Crippen LogP contribution in [0.25, 0.3) is 132 Å². The first-order valence-corrected chi connectivity index (χ1v) is 19.6. The van der Waals surface area contributed by atoms with Crippen LogP contribution in [-0.2, 0) is 0 Å². The highest BCUT2D eigenvalue weighted by atomic mass is 14.3. The average molecular weight is 705 g/mol. The van der Waals surface area contributed by atoms with Crippen LogP contribution in [0, 0.1) is 0 Å². The van der Waals surface area contributed by atoms with E-state index in [4.69, 9.17) is 0 Å². The summed E-state index contributed by atoms with van der Waals surface area (Å²) in [7, 11) is 0. The molecule has 0 aliphatic heterocycles. The van der Waals surface area contributed by atoms with Gasteiger partial charge in [-0.15, -0.1) is 0 Å². The zero-order chi connectivity index (χ0) is 36.5. The van der Waals surface area contributed by atoms with Crippen molar-refractivity contribution in [1.82, 2.24) is 0 Å². The number of hydrogen-bond acceptors (Lipinski definition) is 0. The summed E-state index contributed by atoms with van der Waals surface area (Å²) in [5.74, 6) is 0. The maximum Gasteiger partial charge on any atom is -0.000718 e. The number of rotatable bonds is 3. The fraction of sp³-hybridized carbons (Fsp3) is 0. The van der Waals surface area contributed by atoms with Crippen LogP contribution < -0.4 is 0 Å². The van der Waals surface area contributed by atoms with E-state index in [-0.39, 0.29) is 0 Å². The van der Waals surface area contributed by atoms with E-state index >= 15 is 0 Å². The van der Waals surface area contributed by atoms with Crippen molar-refractivity contribution in [2.45, 2.75) is 0 Å². The minimum Gasteiger partial charge on any atom is -0.0616 e. The van der Waals surface area contributed by atoms with E-state index in [1.54, 1.807) is 0 Å². The molecule has 56 heavy (non-hydrogen) atoms. The lowest BCUT2D eigenvalue weighted by molar-refractivity contribution is 1.65. The highest BCUT2D eigenvalue weighted by molar-refractivity contribution is 6.31. The first-order chi connectivity index (χ1) is 27.8. The molecule has 13 rings (SSSR count). The second-order valence-corrected chi connectivity index (χ2v) is 15.4. The summed E-state index contributed by atoms with van der Waals surface area (Å²) >= 11 is 0. The first kappa shape index (κ1) is 30.1. The Kier molecular flexibility index (Phi) is 5.98. The second-order valence-electron chi connectivity index (χ2n) is 15.4. The van der Waals surface area contributed by atoms with Crippen molar-refractivity contribution >= 4 is 53.9 Å². The predicted octanol–water partition coefficient (Wildman–Crippen LogP) is 15.7. The smallest absolute Gasteiger partial charge is 0.000718 e. The van der Waals surface area contributed by atoms with Crippen molar-refractivity contribution in [1.29, 1.82) is 0 Å². The molecule has 0 atom stereocenters. The third kappa shape index (κ3) is 3.88. The largest absolute Gasteiger partial charge is 0.0616 e. The Labute approximate surface area is 324 Å². The molecule has 0 unspecified atom stereocenters. The van der Waals surface area contributed by atoms with Crippen LogP contribution in [0.5, 0.6) is 0 Å². The molecule has 0 saturated heterocycles. The van der Waals surface area contributed by atoms with Gasteiger partial charge in [-0.05, 0) is 132 Å². The number of fused-ring (bicyclic) bond motifs is 9.